The van der Waals surface area contributed by atoms with Crippen molar-refractivity contribution in [3.8, 4) is 0 Å². The van der Waals surface area contributed by atoms with E-state index in [2.05, 4.69) is 5.32 Å². The highest BCUT2D eigenvalue weighted by Crippen LogP contribution is 2.34. The van der Waals surface area contributed by atoms with Crippen LogP contribution in [0.25, 0.3) is 0 Å². The van der Waals surface area contributed by atoms with Gasteiger partial charge < -0.3 is 5.32 Å². The Bertz CT molecular complexity index is 450. The lowest BCUT2D eigenvalue weighted by molar-refractivity contribution is -0.138. The van der Waals surface area contributed by atoms with Crippen molar-refractivity contribution in [2.45, 2.75) is 31.2 Å². The van der Waals surface area contributed by atoms with Crippen LogP contribution in [0.5, 0.6) is 0 Å². The van der Waals surface area contributed by atoms with E-state index in [1.807, 2.05) is 0 Å². The van der Waals surface area contributed by atoms with Gasteiger partial charge >= 0.3 is 12.4 Å². The highest BCUT2D eigenvalue weighted by atomic mass is 19.4. The molecule has 1 unspecified atom stereocenters. The average Bonchev–Trinajstić information content (AvgIpc) is 2.29. The first-order chi connectivity index (χ1) is 9.04. The zero-order valence-electron chi connectivity index (χ0n) is 10.4. The predicted octanol–water partition coefficient (Wildman–Crippen LogP) is 4.45. The third-order valence-corrected chi connectivity index (χ3v) is 2.76. The first-order valence-corrected chi connectivity index (χ1v) is 5.65. The molecular weight excluding hydrogens is 291 g/mol. The SMILES string of the molecule is CNC(CCC(F)(F)F)c1cc(C(F)(F)F)ccc1F. The van der Waals surface area contributed by atoms with Gasteiger partial charge in [0.15, 0.2) is 0 Å². The van der Waals surface area contributed by atoms with Gasteiger partial charge in [0.2, 0.25) is 0 Å². The van der Waals surface area contributed by atoms with Gasteiger partial charge in [-0.15, -0.1) is 0 Å². The first-order valence-electron chi connectivity index (χ1n) is 5.65. The zero-order valence-corrected chi connectivity index (χ0v) is 10.4. The predicted molar refractivity (Wildman–Crippen MR) is 58.5 cm³/mol. The molecule has 0 radical (unpaired) electrons. The number of hydrogen-bond donors (Lipinski definition) is 1. The maximum atomic E-state index is 13.5. The van der Waals surface area contributed by atoms with Crippen molar-refractivity contribution < 1.29 is 30.7 Å². The van der Waals surface area contributed by atoms with Crippen LogP contribution in [0.2, 0.25) is 0 Å². The number of rotatable bonds is 4. The topological polar surface area (TPSA) is 12.0 Å². The first kappa shape index (κ1) is 16.7. The molecule has 0 amide bonds. The Hall–Kier alpha value is -1.31. The Morgan fingerprint density at radius 1 is 1.10 bits per heavy atom. The monoisotopic (exact) mass is 303 g/mol. The molecular formula is C12H12F7N. The number of nitrogens with one attached hydrogen (secondary N) is 1. The molecule has 1 aromatic carbocycles. The molecule has 1 N–H and O–H groups in total. The summed E-state index contributed by atoms with van der Waals surface area (Å²) in [5.41, 5.74) is -1.52. The molecule has 0 fully saturated rings. The minimum atomic E-state index is -4.68. The second kappa shape index (κ2) is 5.99. The van der Waals surface area contributed by atoms with Gasteiger partial charge in [-0.05, 0) is 31.7 Å². The van der Waals surface area contributed by atoms with E-state index < -0.39 is 48.2 Å². The van der Waals surface area contributed by atoms with E-state index in [-0.39, 0.29) is 0 Å². The van der Waals surface area contributed by atoms with Gasteiger partial charge in [-0.1, -0.05) is 0 Å². The summed E-state index contributed by atoms with van der Waals surface area (Å²) in [6.07, 6.45) is -10.9. The number of alkyl halides is 6. The maximum Gasteiger partial charge on any atom is 0.416 e. The van der Waals surface area contributed by atoms with Crippen molar-refractivity contribution in [1.29, 1.82) is 0 Å². The van der Waals surface area contributed by atoms with Crippen molar-refractivity contribution in [3.63, 3.8) is 0 Å². The number of benzene rings is 1. The van der Waals surface area contributed by atoms with Gasteiger partial charge in [0.1, 0.15) is 5.82 Å². The lowest BCUT2D eigenvalue weighted by Gasteiger charge is -2.19. The van der Waals surface area contributed by atoms with Gasteiger partial charge in [-0.25, -0.2) is 4.39 Å². The van der Waals surface area contributed by atoms with Crippen LogP contribution >= 0.6 is 0 Å². The van der Waals surface area contributed by atoms with Crippen LogP contribution in [0.15, 0.2) is 18.2 Å². The van der Waals surface area contributed by atoms with Gasteiger partial charge in [0.25, 0.3) is 0 Å². The summed E-state index contributed by atoms with van der Waals surface area (Å²) >= 11 is 0. The third-order valence-electron chi connectivity index (χ3n) is 2.76. The summed E-state index contributed by atoms with van der Waals surface area (Å²) in [5.74, 6) is -0.973. The molecule has 0 heterocycles. The summed E-state index contributed by atoms with van der Waals surface area (Å²) in [6, 6.07) is 0.553. The van der Waals surface area contributed by atoms with Crippen LogP contribution in [0.4, 0.5) is 30.7 Å². The normalized spacial score (nSPS) is 14.4. The molecule has 0 aliphatic carbocycles. The van der Waals surface area contributed by atoms with E-state index in [4.69, 9.17) is 0 Å². The Morgan fingerprint density at radius 3 is 2.15 bits per heavy atom. The van der Waals surface area contributed by atoms with Crippen molar-refractivity contribution in [2.75, 3.05) is 7.05 Å². The molecule has 1 atom stereocenters. The fraction of sp³-hybridized carbons (Fsp3) is 0.500. The summed E-state index contributed by atoms with van der Waals surface area (Å²) in [4.78, 5) is 0. The van der Waals surface area contributed by atoms with Crippen LogP contribution in [-0.4, -0.2) is 13.2 Å². The van der Waals surface area contributed by atoms with Crippen LogP contribution in [0.3, 0.4) is 0 Å². The molecule has 0 saturated carbocycles. The van der Waals surface area contributed by atoms with E-state index in [1.54, 1.807) is 0 Å². The molecule has 114 valence electrons. The zero-order chi connectivity index (χ0) is 15.6. The van der Waals surface area contributed by atoms with Crippen molar-refractivity contribution >= 4 is 0 Å². The van der Waals surface area contributed by atoms with E-state index in [1.165, 1.54) is 7.05 Å². The molecule has 20 heavy (non-hydrogen) atoms. The molecule has 1 rings (SSSR count). The van der Waals surface area contributed by atoms with Crippen molar-refractivity contribution in [2.24, 2.45) is 0 Å². The second-order valence-electron chi connectivity index (χ2n) is 4.23. The quantitative estimate of drug-likeness (QED) is 0.810. The molecule has 0 saturated heterocycles. The van der Waals surface area contributed by atoms with Gasteiger partial charge in [0.05, 0.1) is 5.56 Å². The third kappa shape index (κ3) is 4.66. The van der Waals surface area contributed by atoms with Crippen LogP contribution < -0.4 is 5.32 Å². The van der Waals surface area contributed by atoms with Crippen LogP contribution in [-0.2, 0) is 6.18 Å². The second-order valence-corrected chi connectivity index (χ2v) is 4.23. The Balaban J connectivity index is 3.02. The van der Waals surface area contributed by atoms with E-state index in [9.17, 15) is 30.7 Å². The van der Waals surface area contributed by atoms with Gasteiger partial charge in [-0.3, -0.25) is 0 Å². The molecule has 1 aromatic rings. The minimum Gasteiger partial charge on any atom is -0.313 e. The lowest BCUT2D eigenvalue weighted by Crippen LogP contribution is -2.21. The largest absolute Gasteiger partial charge is 0.416 e. The van der Waals surface area contributed by atoms with Gasteiger partial charge in [0, 0.05) is 18.0 Å². The number of halogens is 7. The van der Waals surface area contributed by atoms with Crippen LogP contribution in [0, 0.1) is 5.82 Å². The van der Waals surface area contributed by atoms with E-state index >= 15 is 0 Å². The fourth-order valence-electron chi connectivity index (χ4n) is 1.75. The molecule has 0 aliphatic rings. The van der Waals surface area contributed by atoms with Crippen molar-refractivity contribution in [3.05, 3.63) is 35.1 Å². The fourth-order valence-corrected chi connectivity index (χ4v) is 1.75. The Labute approximate surface area is 110 Å². The highest BCUT2D eigenvalue weighted by molar-refractivity contribution is 5.29. The smallest absolute Gasteiger partial charge is 0.313 e. The Morgan fingerprint density at radius 2 is 1.70 bits per heavy atom. The van der Waals surface area contributed by atoms with Crippen LogP contribution in [0.1, 0.15) is 30.0 Å². The average molecular weight is 303 g/mol. The Kier molecular flexibility index (Phi) is 5.01. The summed E-state index contributed by atoms with van der Waals surface area (Å²) in [7, 11) is 1.26. The summed E-state index contributed by atoms with van der Waals surface area (Å²) < 4.78 is 87.5. The minimum absolute atomic E-state index is 0.424. The molecule has 8 heteroatoms. The number of hydrogen-bond acceptors (Lipinski definition) is 1. The molecule has 0 bridgehead atoms. The molecule has 0 aliphatic heterocycles. The standard InChI is InChI=1S/C12H12F7N/c1-20-10(4-5-11(14,15)16)8-6-7(12(17,18)19)2-3-9(8)13/h2-3,6,10,20H,4-5H2,1H3. The summed E-state index contributed by atoms with van der Waals surface area (Å²) in [6.45, 7) is 0. The molecule has 0 spiro atoms. The van der Waals surface area contributed by atoms with Gasteiger partial charge in [-0.2, -0.15) is 26.3 Å². The van der Waals surface area contributed by atoms with E-state index in [0.29, 0.717) is 18.2 Å². The van der Waals surface area contributed by atoms with Crippen molar-refractivity contribution in [1.82, 2.24) is 5.32 Å². The lowest BCUT2D eigenvalue weighted by atomic mass is 9.99. The van der Waals surface area contributed by atoms with E-state index in [0.717, 1.165) is 0 Å². The molecule has 1 nitrogen and oxygen atoms in total. The molecule has 0 aromatic heterocycles. The maximum absolute atomic E-state index is 13.5. The summed E-state index contributed by atoms with van der Waals surface area (Å²) in [5, 5.41) is 2.40. The highest BCUT2D eigenvalue weighted by Gasteiger charge is 2.33.